The van der Waals surface area contributed by atoms with Gasteiger partial charge in [0.05, 0.1) is 11.6 Å². The van der Waals surface area contributed by atoms with Gasteiger partial charge in [-0.1, -0.05) is 44.2 Å². The highest BCUT2D eigenvalue weighted by atomic mass is 16.3. The van der Waals surface area contributed by atoms with E-state index < -0.39 is 0 Å². The summed E-state index contributed by atoms with van der Waals surface area (Å²) in [4.78, 5) is 3.21. The second kappa shape index (κ2) is 4.04. The maximum atomic E-state index is 9.98. The van der Waals surface area contributed by atoms with Crippen molar-refractivity contribution in [2.75, 3.05) is 5.32 Å². The molecule has 0 unspecified atom stereocenters. The number of nitrogens with one attached hydrogen (secondary N) is 2. The quantitative estimate of drug-likeness (QED) is 0.621. The Balaban J connectivity index is 1.90. The van der Waals surface area contributed by atoms with Gasteiger partial charge in [-0.25, -0.2) is 0 Å². The lowest BCUT2D eigenvalue weighted by Gasteiger charge is -2.27. The molecule has 4 rings (SSSR count). The van der Waals surface area contributed by atoms with Gasteiger partial charge >= 0.3 is 0 Å². The zero-order valence-corrected chi connectivity index (χ0v) is 12.1. The molecule has 3 aromatic rings. The monoisotopic (exact) mass is 278 g/mol. The Bertz CT molecular complexity index is 832. The number of rotatable bonds is 1. The summed E-state index contributed by atoms with van der Waals surface area (Å²) in [6, 6.07) is 14.3. The van der Waals surface area contributed by atoms with E-state index in [1.165, 1.54) is 16.8 Å². The van der Waals surface area contributed by atoms with Crippen molar-refractivity contribution in [2.45, 2.75) is 25.3 Å². The van der Waals surface area contributed by atoms with E-state index in [9.17, 15) is 5.11 Å². The number of fused-ring (bicyclic) bond motifs is 2. The fraction of sp³-hybridized carbons (Fsp3) is 0.222. The minimum atomic E-state index is -0.00280. The SMILES string of the molecule is CC1(C)c2ccccc2N[C@@H]1c1c[nH]c2c(O)cccc12. The van der Waals surface area contributed by atoms with Crippen molar-refractivity contribution in [1.82, 2.24) is 4.98 Å². The third-order valence-corrected chi connectivity index (χ3v) is 4.68. The molecule has 3 N–H and O–H groups in total. The minimum Gasteiger partial charge on any atom is -0.506 e. The molecule has 0 aliphatic carbocycles. The smallest absolute Gasteiger partial charge is 0.139 e. The largest absolute Gasteiger partial charge is 0.506 e. The van der Waals surface area contributed by atoms with Gasteiger partial charge in [0.2, 0.25) is 0 Å². The van der Waals surface area contributed by atoms with Crippen LogP contribution in [0.5, 0.6) is 5.75 Å². The number of aromatic hydroxyl groups is 1. The van der Waals surface area contributed by atoms with Crippen LogP contribution in [0.25, 0.3) is 10.9 Å². The molecule has 0 saturated carbocycles. The van der Waals surface area contributed by atoms with E-state index in [4.69, 9.17) is 0 Å². The number of hydrogen-bond donors (Lipinski definition) is 3. The van der Waals surface area contributed by atoms with Crippen LogP contribution in [-0.2, 0) is 5.41 Å². The Hall–Kier alpha value is -2.42. The Labute approximate surface area is 123 Å². The van der Waals surface area contributed by atoms with Gasteiger partial charge in [-0.2, -0.15) is 0 Å². The lowest BCUT2D eigenvalue weighted by atomic mass is 9.78. The van der Waals surface area contributed by atoms with Crippen LogP contribution in [0.15, 0.2) is 48.7 Å². The van der Waals surface area contributed by atoms with Crippen LogP contribution >= 0.6 is 0 Å². The fourth-order valence-corrected chi connectivity index (χ4v) is 3.53. The number of H-pyrrole nitrogens is 1. The minimum absolute atomic E-state index is 0.00280. The van der Waals surface area contributed by atoms with Crippen molar-refractivity contribution in [1.29, 1.82) is 0 Å². The summed E-state index contributed by atoms with van der Waals surface area (Å²) in [7, 11) is 0. The van der Waals surface area contributed by atoms with E-state index in [2.05, 4.69) is 54.5 Å². The predicted octanol–water partition coefficient (Wildman–Crippen LogP) is 4.32. The topological polar surface area (TPSA) is 48.0 Å². The van der Waals surface area contributed by atoms with E-state index in [-0.39, 0.29) is 11.5 Å². The number of phenols is 1. The number of hydrogen-bond acceptors (Lipinski definition) is 2. The summed E-state index contributed by atoms with van der Waals surface area (Å²) in [5.74, 6) is 0.298. The number of phenolic OH excluding ortho intramolecular Hbond substituents is 1. The summed E-state index contributed by atoms with van der Waals surface area (Å²) in [6.07, 6.45) is 2.01. The van der Waals surface area contributed by atoms with Crippen LogP contribution in [0.4, 0.5) is 5.69 Å². The molecule has 1 aliphatic heterocycles. The molecule has 106 valence electrons. The summed E-state index contributed by atoms with van der Waals surface area (Å²) < 4.78 is 0. The van der Waals surface area contributed by atoms with Crippen molar-refractivity contribution < 1.29 is 5.11 Å². The van der Waals surface area contributed by atoms with Gasteiger partial charge in [-0.15, -0.1) is 0 Å². The number of benzene rings is 2. The third-order valence-electron chi connectivity index (χ3n) is 4.68. The van der Waals surface area contributed by atoms with E-state index in [0.29, 0.717) is 5.75 Å². The second-order valence-electron chi connectivity index (χ2n) is 6.29. The summed E-state index contributed by atoms with van der Waals surface area (Å²) in [5.41, 5.74) is 4.53. The standard InChI is InChI=1S/C18H18N2O/c1-18(2)13-7-3-4-8-14(13)20-17(18)12-10-19-16-11(12)6-5-9-15(16)21/h3-10,17,19-21H,1-2H3/t17-/m1/s1. The Morgan fingerprint density at radius 3 is 2.67 bits per heavy atom. The van der Waals surface area contributed by atoms with Gasteiger partial charge in [0.1, 0.15) is 5.75 Å². The first-order chi connectivity index (χ1) is 10.1. The van der Waals surface area contributed by atoms with Crippen LogP contribution < -0.4 is 5.32 Å². The van der Waals surface area contributed by atoms with E-state index >= 15 is 0 Å². The molecule has 0 saturated heterocycles. The number of aromatic amines is 1. The molecule has 2 aromatic carbocycles. The molecule has 1 aromatic heterocycles. The van der Waals surface area contributed by atoms with Crippen LogP contribution in [-0.4, -0.2) is 10.1 Å². The number of para-hydroxylation sites is 2. The zero-order chi connectivity index (χ0) is 14.6. The van der Waals surface area contributed by atoms with Gasteiger partial charge < -0.3 is 15.4 Å². The molecule has 0 radical (unpaired) electrons. The molecule has 21 heavy (non-hydrogen) atoms. The van der Waals surface area contributed by atoms with Gasteiger partial charge in [0, 0.05) is 28.2 Å². The van der Waals surface area contributed by atoms with Crippen LogP contribution in [0.3, 0.4) is 0 Å². The van der Waals surface area contributed by atoms with E-state index in [1.54, 1.807) is 6.07 Å². The Morgan fingerprint density at radius 2 is 1.86 bits per heavy atom. The van der Waals surface area contributed by atoms with Gasteiger partial charge in [0.25, 0.3) is 0 Å². The van der Waals surface area contributed by atoms with Crippen molar-refractivity contribution >= 4 is 16.6 Å². The highest BCUT2D eigenvalue weighted by Gasteiger charge is 2.40. The van der Waals surface area contributed by atoms with E-state index in [0.717, 1.165) is 10.9 Å². The summed E-state index contributed by atoms with van der Waals surface area (Å²) in [5, 5.41) is 14.7. The van der Waals surface area contributed by atoms with E-state index in [1.807, 2.05) is 12.3 Å². The van der Waals surface area contributed by atoms with Crippen molar-refractivity contribution in [3.05, 3.63) is 59.8 Å². The lowest BCUT2D eigenvalue weighted by molar-refractivity contribution is 0.476. The predicted molar refractivity (Wildman–Crippen MR) is 85.8 cm³/mol. The van der Waals surface area contributed by atoms with Crippen LogP contribution in [0.1, 0.15) is 31.0 Å². The summed E-state index contributed by atoms with van der Waals surface area (Å²) in [6.45, 7) is 4.52. The van der Waals surface area contributed by atoms with Crippen LogP contribution in [0.2, 0.25) is 0 Å². The normalized spacial score (nSPS) is 19.4. The third kappa shape index (κ3) is 1.60. The number of anilines is 1. The van der Waals surface area contributed by atoms with Crippen molar-refractivity contribution in [3.8, 4) is 5.75 Å². The first kappa shape index (κ1) is 12.3. The van der Waals surface area contributed by atoms with Gasteiger partial charge in [-0.3, -0.25) is 0 Å². The van der Waals surface area contributed by atoms with Gasteiger partial charge in [-0.05, 0) is 17.7 Å². The van der Waals surface area contributed by atoms with Crippen molar-refractivity contribution in [3.63, 3.8) is 0 Å². The van der Waals surface area contributed by atoms with Crippen molar-refractivity contribution in [2.24, 2.45) is 0 Å². The molecule has 0 bridgehead atoms. The summed E-state index contributed by atoms with van der Waals surface area (Å²) >= 11 is 0. The molecule has 0 fully saturated rings. The maximum absolute atomic E-state index is 9.98. The lowest BCUT2D eigenvalue weighted by Crippen LogP contribution is -2.25. The fourth-order valence-electron chi connectivity index (χ4n) is 3.53. The first-order valence-electron chi connectivity index (χ1n) is 7.24. The average molecular weight is 278 g/mol. The van der Waals surface area contributed by atoms with Crippen LogP contribution in [0, 0.1) is 0 Å². The Morgan fingerprint density at radius 1 is 1.05 bits per heavy atom. The molecule has 3 nitrogen and oxygen atoms in total. The molecule has 0 amide bonds. The molecule has 1 aliphatic rings. The highest BCUT2D eigenvalue weighted by molar-refractivity contribution is 5.89. The number of aromatic nitrogens is 1. The molecule has 3 heteroatoms. The molecule has 1 atom stereocenters. The zero-order valence-electron chi connectivity index (χ0n) is 12.1. The maximum Gasteiger partial charge on any atom is 0.139 e. The molecular formula is C18H18N2O. The Kier molecular flexibility index (Phi) is 2.37. The second-order valence-corrected chi connectivity index (χ2v) is 6.29. The molecule has 2 heterocycles. The first-order valence-corrected chi connectivity index (χ1v) is 7.24. The average Bonchev–Trinajstić information content (AvgIpc) is 3.00. The molecule has 0 spiro atoms. The van der Waals surface area contributed by atoms with Gasteiger partial charge in [0.15, 0.2) is 0 Å². The molecular weight excluding hydrogens is 260 g/mol. The highest BCUT2D eigenvalue weighted by Crippen LogP contribution is 2.49.